The van der Waals surface area contributed by atoms with Crippen molar-refractivity contribution in [3.8, 4) is 0 Å². The van der Waals surface area contributed by atoms with E-state index in [-0.39, 0.29) is 6.04 Å². The van der Waals surface area contributed by atoms with E-state index < -0.39 is 0 Å². The minimum atomic E-state index is -0.124. The molecule has 0 aliphatic heterocycles. The summed E-state index contributed by atoms with van der Waals surface area (Å²) >= 11 is 0. The van der Waals surface area contributed by atoms with E-state index in [9.17, 15) is 0 Å². The Hall–Kier alpha value is -2.94. The van der Waals surface area contributed by atoms with E-state index in [0.717, 1.165) is 22.4 Å². The van der Waals surface area contributed by atoms with E-state index in [1.165, 1.54) is 10.8 Å². The van der Waals surface area contributed by atoms with Crippen LogP contribution in [0.5, 0.6) is 0 Å². The van der Waals surface area contributed by atoms with Gasteiger partial charge in [0.15, 0.2) is 0 Å². The number of hydrogen-bond acceptors (Lipinski definition) is 3. The van der Waals surface area contributed by atoms with Gasteiger partial charge < -0.3 is 4.42 Å². The average Bonchev–Trinajstić information content (AvgIpc) is 3.05. The predicted octanol–water partition coefficient (Wildman–Crippen LogP) is 6.43. The van der Waals surface area contributed by atoms with Gasteiger partial charge in [0, 0.05) is 5.39 Å². The number of azo groups is 1. The van der Waals surface area contributed by atoms with Crippen molar-refractivity contribution in [2.45, 2.75) is 13.0 Å². The Bertz CT molecular complexity index is 986. The van der Waals surface area contributed by atoms with Gasteiger partial charge in [-0.1, -0.05) is 48.5 Å². The molecule has 1 atom stereocenters. The van der Waals surface area contributed by atoms with Crippen LogP contribution in [0.4, 0.5) is 5.69 Å². The van der Waals surface area contributed by atoms with Crippen LogP contribution >= 0.6 is 0 Å². The van der Waals surface area contributed by atoms with E-state index in [4.69, 9.17) is 4.42 Å². The second-order valence-electron chi connectivity index (χ2n) is 5.57. The Labute approximate surface area is 134 Å². The van der Waals surface area contributed by atoms with Crippen LogP contribution < -0.4 is 0 Å². The van der Waals surface area contributed by atoms with Crippen molar-refractivity contribution < 1.29 is 4.42 Å². The molecule has 1 unspecified atom stereocenters. The molecule has 4 aromatic rings. The summed E-state index contributed by atoms with van der Waals surface area (Å²) < 4.78 is 5.97. The summed E-state index contributed by atoms with van der Waals surface area (Å²) in [5.41, 5.74) is 1.74. The van der Waals surface area contributed by atoms with Crippen LogP contribution in [-0.2, 0) is 0 Å². The van der Waals surface area contributed by atoms with Crippen molar-refractivity contribution >= 4 is 27.4 Å². The lowest BCUT2D eigenvalue weighted by Crippen LogP contribution is -1.83. The highest BCUT2D eigenvalue weighted by Crippen LogP contribution is 2.31. The quantitative estimate of drug-likeness (QED) is 0.402. The van der Waals surface area contributed by atoms with Crippen molar-refractivity contribution in [3.05, 3.63) is 78.6 Å². The molecule has 0 radical (unpaired) electrons. The van der Waals surface area contributed by atoms with Crippen molar-refractivity contribution in [3.63, 3.8) is 0 Å². The molecule has 0 aliphatic rings. The van der Waals surface area contributed by atoms with Crippen molar-refractivity contribution in [2.24, 2.45) is 10.2 Å². The number of fused-ring (bicyclic) bond motifs is 3. The summed E-state index contributed by atoms with van der Waals surface area (Å²) in [6.07, 6.45) is 0. The topological polar surface area (TPSA) is 37.9 Å². The zero-order valence-electron chi connectivity index (χ0n) is 12.8. The van der Waals surface area contributed by atoms with Gasteiger partial charge in [0.2, 0.25) is 0 Å². The van der Waals surface area contributed by atoms with Crippen molar-refractivity contribution in [1.82, 2.24) is 0 Å². The van der Waals surface area contributed by atoms with Crippen molar-refractivity contribution in [2.75, 3.05) is 0 Å². The average molecular weight is 300 g/mol. The fraction of sp³-hybridized carbons (Fsp3) is 0.100. The third-order valence-corrected chi connectivity index (χ3v) is 3.96. The molecule has 23 heavy (non-hydrogen) atoms. The predicted molar refractivity (Wildman–Crippen MR) is 93.1 cm³/mol. The Morgan fingerprint density at radius 2 is 1.61 bits per heavy atom. The first kappa shape index (κ1) is 13.7. The van der Waals surface area contributed by atoms with Crippen LogP contribution in [-0.4, -0.2) is 0 Å². The molecule has 0 N–H and O–H groups in total. The van der Waals surface area contributed by atoms with E-state index in [0.29, 0.717) is 0 Å². The molecule has 3 heteroatoms. The molecule has 0 saturated heterocycles. The van der Waals surface area contributed by atoms with Gasteiger partial charge in [0.25, 0.3) is 0 Å². The molecule has 0 bridgehead atoms. The molecule has 3 aromatic carbocycles. The van der Waals surface area contributed by atoms with Crippen LogP contribution in [0.3, 0.4) is 0 Å². The molecule has 0 amide bonds. The number of furan rings is 1. The summed E-state index contributed by atoms with van der Waals surface area (Å²) in [7, 11) is 0. The molecule has 0 fully saturated rings. The van der Waals surface area contributed by atoms with Gasteiger partial charge in [-0.3, -0.25) is 0 Å². The fourth-order valence-electron chi connectivity index (χ4n) is 2.72. The molecule has 4 rings (SSSR count). The van der Waals surface area contributed by atoms with Gasteiger partial charge in [0.1, 0.15) is 17.4 Å². The summed E-state index contributed by atoms with van der Waals surface area (Å²) in [6.45, 7) is 1.99. The normalized spacial score (nSPS) is 13.1. The Balaban J connectivity index is 1.71. The van der Waals surface area contributed by atoms with Crippen molar-refractivity contribution in [1.29, 1.82) is 0 Å². The molecule has 0 aliphatic carbocycles. The number of nitrogens with zero attached hydrogens (tertiary/aromatic N) is 2. The number of hydrogen-bond donors (Lipinski definition) is 0. The maximum atomic E-state index is 5.97. The van der Waals surface area contributed by atoms with Gasteiger partial charge in [-0.05, 0) is 42.0 Å². The zero-order chi connectivity index (χ0) is 15.6. The first-order chi connectivity index (χ1) is 11.3. The number of rotatable bonds is 3. The maximum Gasteiger partial charge on any atom is 0.135 e. The third kappa shape index (κ3) is 2.61. The summed E-state index contributed by atoms with van der Waals surface area (Å²) in [5, 5.41) is 12.2. The first-order valence-corrected chi connectivity index (χ1v) is 7.68. The van der Waals surface area contributed by atoms with Crippen LogP contribution in [0, 0.1) is 0 Å². The fourth-order valence-corrected chi connectivity index (χ4v) is 2.72. The van der Waals surface area contributed by atoms with Gasteiger partial charge in [0.05, 0.1) is 5.69 Å². The second-order valence-corrected chi connectivity index (χ2v) is 5.57. The highest BCUT2D eigenvalue weighted by Gasteiger charge is 2.12. The Kier molecular flexibility index (Phi) is 3.39. The molecular weight excluding hydrogens is 284 g/mol. The molecule has 0 spiro atoms. The van der Waals surface area contributed by atoms with Gasteiger partial charge in [-0.25, -0.2) is 0 Å². The van der Waals surface area contributed by atoms with Gasteiger partial charge in [-0.15, -0.1) is 0 Å². The van der Waals surface area contributed by atoms with Crippen LogP contribution in [0.25, 0.3) is 21.7 Å². The molecular formula is C20H16N2O. The minimum absolute atomic E-state index is 0.124. The maximum absolute atomic E-state index is 5.97. The summed E-state index contributed by atoms with van der Waals surface area (Å²) in [6, 6.07) is 24.1. The first-order valence-electron chi connectivity index (χ1n) is 7.68. The smallest absolute Gasteiger partial charge is 0.135 e. The van der Waals surface area contributed by atoms with Crippen LogP contribution in [0.1, 0.15) is 18.7 Å². The van der Waals surface area contributed by atoms with Gasteiger partial charge in [-0.2, -0.15) is 10.2 Å². The standard InChI is InChI=1S/C20H16N2O/c1-14(21-22-16-8-3-2-4-9-16)20-13-18-17-10-6-5-7-15(17)11-12-19(18)23-20/h2-14H,1H3. The third-order valence-electron chi connectivity index (χ3n) is 3.96. The minimum Gasteiger partial charge on any atom is -0.459 e. The highest BCUT2D eigenvalue weighted by atomic mass is 16.3. The lowest BCUT2D eigenvalue weighted by molar-refractivity contribution is 0.506. The van der Waals surface area contributed by atoms with Crippen LogP contribution in [0.2, 0.25) is 0 Å². The molecule has 0 saturated carbocycles. The lowest BCUT2D eigenvalue weighted by Gasteiger charge is -1.99. The second kappa shape index (κ2) is 5.69. The van der Waals surface area contributed by atoms with E-state index in [2.05, 4.69) is 34.5 Å². The lowest BCUT2D eigenvalue weighted by atomic mass is 10.1. The van der Waals surface area contributed by atoms with E-state index in [1.807, 2.05) is 55.5 Å². The van der Waals surface area contributed by atoms with Crippen LogP contribution in [0.15, 0.2) is 87.4 Å². The highest BCUT2D eigenvalue weighted by molar-refractivity contribution is 6.05. The summed E-state index contributed by atoms with van der Waals surface area (Å²) in [4.78, 5) is 0. The molecule has 1 heterocycles. The van der Waals surface area contributed by atoms with Gasteiger partial charge >= 0.3 is 0 Å². The van der Waals surface area contributed by atoms with E-state index >= 15 is 0 Å². The monoisotopic (exact) mass is 300 g/mol. The molecule has 3 nitrogen and oxygen atoms in total. The Morgan fingerprint density at radius 1 is 0.826 bits per heavy atom. The largest absolute Gasteiger partial charge is 0.459 e. The SMILES string of the molecule is CC(N=Nc1ccccc1)c1cc2c(ccc3ccccc32)o1. The Morgan fingerprint density at radius 3 is 2.48 bits per heavy atom. The zero-order valence-corrected chi connectivity index (χ0v) is 12.8. The number of benzene rings is 3. The molecule has 1 aromatic heterocycles. The van der Waals surface area contributed by atoms with E-state index in [1.54, 1.807) is 0 Å². The summed E-state index contributed by atoms with van der Waals surface area (Å²) in [5.74, 6) is 0.830. The molecule has 112 valence electrons.